The van der Waals surface area contributed by atoms with E-state index in [-0.39, 0.29) is 0 Å². The highest BCUT2D eigenvalue weighted by Crippen LogP contribution is 2.20. The second kappa shape index (κ2) is 7.11. The molecule has 0 aliphatic carbocycles. The van der Waals surface area contributed by atoms with E-state index >= 15 is 0 Å². The largest absolute Gasteiger partial charge is 0.489 e. The molecule has 0 radical (unpaired) electrons. The zero-order chi connectivity index (χ0) is 14.4. The summed E-state index contributed by atoms with van der Waals surface area (Å²) >= 11 is 0. The Labute approximate surface area is 121 Å². The first-order valence-corrected chi connectivity index (χ1v) is 7.20. The van der Waals surface area contributed by atoms with Crippen LogP contribution in [-0.4, -0.2) is 6.54 Å². The summed E-state index contributed by atoms with van der Waals surface area (Å²) in [4.78, 5) is 0. The van der Waals surface area contributed by atoms with Crippen LogP contribution in [0.2, 0.25) is 0 Å². The number of hydrogen-bond donors (Lipinski definition) is 1. The van der Waals surface area contributed by atoms with E-state index in [1.807, 2.05) is 18.2 Å². The van der Waals surface area contributed by atoms with Gasteiger partial charge in [-0.15, -0.1) is 0 Å². The van der Waals surface area contributed by atoms with Gasteiger partial charge in [-0.2, -0.15) is 0 Å². The van der Waals surface area contributed by atoms with Gasteiger partial charge in [0, 0.05) is 0 Å². The van der Waals surface area contributed by atoms with Crippen molar-refractivity contribution in [1.29, 1.82) is 0 Å². The Morgan fingerprint density at radius 1 is 1.00 bits per heavy atom. The smallest absolute Gasteiger partial charge is 0.123 e. The third kappa shape index (κ3) is 3.84. The summed E-state index contributed by atoms with van der Waals surface area (Å²) in [6.07, 6.45) is 0.850. The average molecular weight is 269 g/mol. The van der Waals surface area contributed by atoms with Gasteiger partial charge in [0.05, 0.1) is 0 Å². The molecule has 0 aromatic heterocycles. The third-order valence-corrected chi connectivity index (χ3v) is 3.43. The van der Waals surface area contributed by atoms with Crippen molar-refractivity contribution in [3.8, 4) is 5.75 Å². The number of para-hydroxylation sites is 1. The second-order valence-electron chi connectivity index (χ2n) is 5.33. The van der Waals surface area contributed by atoms with E-state index in [1.165, 1.54) is 16.7 Å². The van der Waals surface area contributed by atoms with Crippen molar-refractivity contribution in [3.05, 3.63) is 65.2 Å². The highest BCUT2D eigenvalue weighted by atomic mass is 16.5. The SMILES string of the molecule is CC(C)c1ccc(COc2ccccc2CCN)cc1. The van der Waals surface area contributed by atoms with Gasteiger partial charge < -0.3 is 10.5 Å². The van der Waals surface area contributed by atoms with Crippen molar-refractivity contribution in [1.82, 2.24) is 0 Å². The van der Waals surface area contributed by atoms with Crippen molar-refractivity contribution in [2.45, 2.75) is 32.8 Å². The fourth-order valence-electron chi connectivity index (χ4n) is 2.17. The lowest BCUT2D eigenvalue weighted by atomic mass is 10.0. The van der Waals surface area contributed by atoms with Gasteiger partial charge in [-0.3, -0.25) is 0 Å². The van der Waals surface area contributed by atoms with Crippen LogP contribution in [0.1, 0.15) is 36.5 Å². The Morgan fingerprint density at radius 3 is 2.35 bits per heavy atom. The van der Waals surface area contributed by atoms with Crippen molar-refractivity contribution < 1.29 is 4.74 Å². The van der Waals surface area contributed by atoms with Gasteiger partial charge in [0.2, 0.25) is 0 Å². The molecule has 0 fully saturated rings. The second-order valence-corrected chi connectivity index (χ2v) is 5.33. The van der Waals surface area contributed by atoms with E-state index in [2.05, 4.69) is 44.2 Å². The maximum Gasteiger partial charge on any atom is 0.123 e. The topological polar surface area (TPSA) is 35.2 Å². The Bertz CT molecular complexity index is 531. The summed E-state index contributed by atoms with van der Waals surface area (Å²) in [6.45, 7) is 5.65. The third-order valence-electron chi connectivity index (χ3n) is 3.43. The van der Waals surface area contributed by atoms with Crippen molar-refractivity contribution >= 4 is 0 Å². The minimum absolute atomic E-state index is 0.565. The van der Waals surface area contributed by atoms with Gasteiger partial charge in [-0.1, -0.05) is 56.3 Å². The number of benzene rings is 2. The van der Waals surface area contributed by atoms with Gasteiger partial charge in [0.25, 0.3) is 0 Å². The van der Waals surface area contributed by atoms with E-state index in [1.54, 1.807) is 0 Å². The molecule has 0 bridgehead atoms. The molecule has 2 nitrogen and oxygen atoms in total. The molecular formula is C18H23NO. The Balaban J connectivity index is 2.01. The summed E-state index contributed by atoms with van der Waals surface area (Å²) in [5.74, 6) is 1.50. The molecule has 0 unspecified atom stereocenters. The molecule has 2 aromatic rings. The molecule has 0 aliphatic heterocycles. The van der Waals surface area contributed by atoms with E-state index in [0.29, 0.717) is 19.1 Å². The van der Waals surface area contributed by atoms with Crippen LogP contribution in [0, 0.1) is 0 Å². The zero-order valence-corrected chi connectivity index (χ0v) is 12.3. The van der Waals surface area contributed by atoms with Gasteiger partial charge in [-0.25, -0.2) is 0 Å². The first kappa shape index (κ1) is 14.6. The lowest BCUT2D eigenvalue weighted by molar-refractivity contribution is 0.303. The van der Waals surface area contributed by atoms with Gasteiger partial charge in [0.1, 0.15) is 12.4 Å². The van der Waals surface area contributed by atoms with Crippen LogP contribution < -0.4 is 10.5 Å². The average Bonchev–Trinajstić information content (AvgIpc) is 2.47. The van der Waals surface area contributed by atoms with Crippen LogP contribution in [-0.2, 0) is 13.0 Å². The normalized spacial score (nSPS) is 10.8. The van der Waals surface area contributed by atoms with Crippen LogP contribution in [0.3, 0.4) is 0 Å². The molecule has 0 aliphatic rings. The van der Waals surface area contributed by atoms with Crippen LogP contribution in [0.5, 0.6) is 5.75 Å². The molecule has 0 atom stereocenters. The minimum atomic E-state index is 0.565. The molecule has 2 rings (SSSR count). The van der Waals surface area contributed by atoms with Crippen LogP contribution in [0.25, 0.3) is 0 Å². The molecule has 0 heterocycles. The van der Waals surface area contributed by atoms with Crippen LogP contribution in [0.15, 0.2) is 48.5 Å². The van der Waals surface area contributed by atoms with Crippen molar-refractivity contribution in [2.24, 2.45) is 5.73 Å². The monoisotopic (exact) mass is 269 g/mol. The lowest BCUT2D eigenvalue weighted by Crippen LogP contribution is -2.05. The molecule has 0 saturated heterocycles. The summed E-state index contributed by atoms with van der Waals surface area (Å²) < 4.78 is 5.92. The van der Waals surface area contributed by atoms with E-state index in [0.717, 1.165) is 12.2 Å². The predicted molar refractivity (Wildman–Crippen MR) is 84.1 cm³/mol. The summed E-state index contributed by atoms with van der Waals surface area (Å²) in [6, 6.07) is 16.7. The predicted octanol–water partition coefficient (Wildman–Crippen LogP) is 3.89. The summed E-state index contributed by atoms with van der Waals surface area (Å²) in [5, 5.41) is 0. The molecule has 2 heteroatoms. The molecule has 0 spiro atoms. The fourth-order valence-corrected chi connectivity index (χ4v) is 2.17. The quantitative estimate of drug-likeness (QED) is 0.863. The van der Waals surface area contributed by atoms with Crippen LogP contribution in [0.4, 0.5) is 0 Å². The Morgan fingerprint density at radius 2 is 1.70 bits per heavy atom. The molecule has 2 aromatic carbocycles. The number of nitrogens with two attached hydrogens (primary N) is 1. The number of rotatable bonds is 6. The molecule has 106 valence electrons. The Hall–Kier alpha value is -1.80. The maximum atomic E-state index is 5.92. The van der Waals surface area contributed by atoms with Crippen molar-refractivity contribution in [3.63, 3.8) is 0 Å². The highest BCUT2D eigenvalue weighted by molar-refractivity contribution is 5.34. The Kier molecular flexibility index (Phi) is 5.19. The maximum absolute atomic E-state index is 5.92. The first-order chi connectivity index (χ1) is 9.70. The van der Waals surface area contributed by atoms with E-state index in [4.69, 9.17) is 10.5 Å². The first-order valence-electron chi connectivity index (χ1n) is 7.20. The standard InChI is InChI=1S/C18H23NO/c1-14(2)16-9-7-15(8-10-16)13-20-18-6-4-3-5-17(18)11-12-19/h3-10,14H,11-13,19H2,1-2H3. The number of hydrogen-bond acceptors (Lipinski definition) is 2. The number of ether oxygens (including phenoxy) is 1. The zero-order valence-electron chi connectivity index (χ0n) is 12.3. The highest BCUT2D eigenvalue weighted by Gasteiger charge is 2.03. The van der Waals surface area contributed by atoms with E-state index in [9.17, 15) is 0 Å². The van der Waals surface area contributed by atoms with E-state index < -0.39 is 0 Å². The molecule has 0 amide bonds. The van der Waals surface area contributed by atoms with Crippen molar-refractivity contribution in [2.75, 3.05) is 6.54 Å². The summed E-state index contributed by atoms with van der Waals surface area (Å²) in [7, 11) is 0. The summed E-state index contributed by atoms with van der Waals surface area (Å²) in [5.41, 5.74) is 9.35. The lowest BCUT2D eigenvalue weighted by Gasteiger charge is -2.12. The fraction of sp³-hybridized carbons (Fsp3) is 0.333. The van der Waals surface area contributed by atoms with Gasteiger partial charge in [0.15, 0.2) is 0 Å². The van der Waals surface area contributed by atoms with Gasteiger partial charge >= 0.3 is 0 Å². The molecule has 20 heavy (non-hydrogen) atoms. The molecule has 0 saturated carbocycles. The molecular weight excluding hydrogens is 246 g/mol. The van der Waals surface area contributed by atoms with Crippen LogP contribution >= 0.6 is 0 Å². The van der Waals surface area contributed by atoms with Gasteiger partial charge in [-0.05, 0) is 41.6 Å². The minimum Gasteiger partial charge on any atom is -0.489 e. The molecule has 2 N–H and O–H groups in total.